The van der Waals surface area contributed by atoms with Gasteiger partial charge in [0.15, 0.2) is 0 Å². The van der Waals surface area contributed by atoms with Crippen molar-refractivity contribution in [2.45, 2.75) is 32.0 Å². The maximum Gasteiger partial charge on any atom is 0.416 e. The van der Waals surface area contributed by atoms with Gasteiger partial charge < -0.3 is 5.73 Å². The summed E-state index contributed by atoms with van der Waals surface area (Å²) in [7, 11) is 0. The highest BCUT2D eigenvalue weighted by Gasteiger charge is 2.31. The van der Waals surface area contributed by atoms with Crippen LogP contribution >= 0.6 is 0 Å². The molecule has 0 fully saturated rings. The van der Waals surface area contributed by atoms with E-state index in [1.807, 2.05) is 38.1 Å². The van der Waals surface area contributed by atoms with Crippen LogP contribution in [0.5, 0.6) is 0 Å². The van der Waals surface area contributed by atoms with Crippen molar-refractivity contribution in [2.75, 3.05) is 0 Å². The van der Waals surface area contributed by atoms with E-state index in [2.05, 4.69) is 0 Å². The summed E-state index contributed by atoms with van der Waals surface area (Å²) in [5, 5.41) is 0. The number of aryl methyl sites for hydroxylation is 1. The molecule has 0 saturated heterocycles. The molecule has 0 aliphatic heterocycles. The van der Waals surface area contributed by atoms with E-state index in [-0.39, 0.29) is 0 Å². The van der Waals surface area contributed by atoms with Crippen molar-refractivity contribution in [2.24, 2.45) is 5.73 Å². The second kappa shape index (κ2) is 5.53. The first kappa shape index (κ1) is 15.6. The van der Waals surface area contributed by atoms with Crippen LogP contribution in [0.2, 0.25) is 0 Å². The van der Waals surface area contributed by atoms with Gasteiger partial charge >= 0.3 is 6.18 Å². The maximum absolute atomic E-state index is 12.8. The number of halogens is 3. The summed E-state index contributed by atoms with van der Waals surface area (Å²) in [5.41, 5.74) is 7.56. The molecule has 4 heteroatoms. The van der Waals surface area contributed by atoms with Crippen LogP contribution in [0.1, 0.15) is 29.2 Å². The Labute approximate surface area is 122 Å². The predicted octanol–water partition coefficient (Wildman–Crippen LogP) is 4.43. The Morgan fingerprint density at radius 1 is 1.00 bits per heavy atom. The third-order valence-corrected chi connectivity index (χ3v) is 3.59. The highest BCUT2D eigenvalue weighted by atomic mass is 19.4. The quantitative estimate of drug-likeness (QED) is 0.890. The second-order valence-corrected chi connectivity index (χ2v) is 5.61. The zero-order valence-corrected chi connectivity index (χ0v) is 12.0. The zero-order chi connectivity index (χ0) is 15.7. The molecule has 0 bridgehead atoms. The first-order chi connectivity index (χ1) is 9.70. The fourth-order valence-electron chi connectivity index (χ4n) is 2.59. The third-order valence-electron chi connectivity index (χ3n) is 3.59. The van der Waals surface area contributed by atoms with Gasteiger partial charge in [0.2, 0.25) is 0 Å². The topological polar surface area (TPSA) is 26.0 Å². The minimum Gasteiger partial charge on any atom is -0.321 e. The van der Waals surface area contributed by atoms with E-state index in [1.54, 1.807) is 6.07 Å². The van der Waals surface area contributed by atoms with Crippen molar-refractivity contribution in [3.8, 4) is 0 Å². The van der Waals surface area contributed by atoms with Gasteiger partial charge in [0.05, 0.1) is 5.56 Å². The minimum absolute atomic E-state index is 0.349. The zero-order valence-electron chi connectivity index (χ0n) is 12.0. The molecule has 2 N–H and O–H groups in total. The van der Waals surface area contributed by atoms with Crippen molar-refractivity contribution < 1.29 is 13.2 Å². The Morgan fingerprint density at radius 2 is 1.67 bits per heavy atom. The van der Waals surface area contributed by atoms with Crippen molar-refractivity contribution in [3.63, 3.8) is 0 Å². The predicted molar refractivity (Wildman–Crippen MR) is 77.9 cm³/mol. The molecule has 2 aromatic rings. The standard InChI is InChI=1S/C17H18F3N/c1-12-6-3-4-9-15(12)16(2,21)11-13-7-5-8-14(10-13)17(18,19)20/h3-10H,11,21H2,1-2H3. The van der Waals surface area contributed by atoms with Crippen LogP contribution in [0.4, 0.5) is 13.2 Å². The van der Waals surface area contributed by atoms with Crippen molar-refractivity contribution in [1.82, 2.24) is 0 Å². The van der Waals surface area contributed by atoms with Gasteiger partial charge in [-0.2, -0.15) is 13.2 Å². The smallest absolute Gasteiger partial charge is 0.321 e. The van der Waals surface area contributed by atoms with E-state index >= 15 is 0 Å². The normalized spacial score (nSPS) is 14.8. The molecule has 2 aromatic carbocycles. The lowest BCUT2D eigenvalue weighted by atomic mass is 9.84. The first-order valence-electron chi connectivity index (χ1n) is 6.71. The summed E-state index contributed by atoms with van der Waals surface area (Å²) >= 11 is 0. The fourth-order valence-corrected chi connectivity index (χ4v) is 2.59. The summed E-state index contributed by atoms with van der Waals surface area (Å²) in [6.45, 7) is 3.79. The Bertz CT molecular complexity index is 630. The molecule has 0 aromatic heterocycles. The van der Waals surface area contributed by atoms with Gasteiger partial charge in [0, 0.05) is 5.54 Å². The fraction of sp³-hybridized carbons (Fsp3) is 0.294. The van der Waals surface area contributed by atoms with Crippen LogP contribution in [0.25, 0.3) is 0 Å². The maximum atomic E-state index is 12.8. The van der Waals surface area contributed by atoms with Crippen molar-refractivity contribution in [1.29, 1.82) is 0 Å². The molecule has 2 rings (SSSR count). The second-order valence-electron chi connectivity index (χ2n) is 5.61. The number of rotatable bonds is 3. The van der Waals surface area contributed by atoms with E-state index in [9.17, 15) is 13.2 Å². The summed E-state index contributed by atoms with van der Waals surface area (Å²) < 4.78 is 38.3. The van der Waals surface area contributed by atoms with Crippen LogP contribution in [0, 0.1) is 6.92 Å². The molecule has 0 saturated carbocycles. The molecule has 1 atom stereocenters. The van der Waals surface area contributed by atoms with E-state index in [0.717, 1.165) is 17.2 Å². The Kier molecular flexibility index (Phi) is 4.10. The molecule has 0 spiro atoms. The van der Waals surface area contributed by atoms with E-state index in [0.29, 0.717) is 12.0 Å². The highest BCUT2D eigenvalue weighted by molar-refractivity contribution is 5.35. The summed E-state index contributed by atoms with van der Waals surface area (Å²) in [6.07, 6.45) is -3.98. The summed E-state index contributed by atoms with van der Waals surface area (Å²) in [6, 6.07) is 13.0. The third kappa shape index (κ3) is 3.64. The monoisotopic (exact) mass is 293 g/mol. The number of hydrogen-bond donors (Lipinski definition) is 1. The van der Waals surface area contributed by atoms with Gasteiger partial charge in [-0.3, -0.25) is 0 Å². The number of nitrogens with two attached hydrogens (primary N) is 1. The lowest BCUT2D eigenvalue weighted by molar-refractivity contribution is -0.137. The largest absolute Gasteiger partial charge is 0.416 e. The lowest BCUT2D eigenvalue weighted by Gasteiger charge is -2.27. The lowest BCUT2D eigenvalue weighted by Crippen LogP contribution is -2.36. The minimum atomic E-state index is -4.33. The molecular formula is C17H18F3N. The highest BCUT2D eigenvalue weighted by Crippen LogP contribution is 2.31. The molecule has 1 unspecified atom stereocenters. The van der Waals surface area contributed by atoms with Crippen LogP contribution in [0.15, 0.2) is 48.5 Å². The molecule has 0 aliphatic carbocycles. The molecule has 21 heavy (non-hydrogen) atoms. The number of benzene rings is 2. The number of hydrogen-bond acceptors (Lipinski definition) is 1. The van der Waals surface area contributed by atoms with Gasteiger partial charge in [-0.1, -0.05) is 42.5 Å². The molecule has 112 valence electrons. The average molecular weight is 293 g/mol. The van der Waals surface area contributed by atoms with Crippen LogP contribution < -0.4 is 5.73 Å². The van der Waals surface area contributed by atoms with Gasteiger partial charge in [-0.15, -0.1) is 0 Å². The van der Waals surface area contributed by atoms with E-state index < -0.39 is 17.3 Å². The van der Waals surface area contributed by atoms with E-state index in [4.69, 9.17) is 5.73 Å². The van der Waals surface area contributed by atoms with Crippen LogP contribution in [-0.4, -0.2) is 0 Å². The molecule has 1 nitrogen and oxygen atoms in total. The summed E-state index contributed by atoms with van der Waals surface area (Å²) in [5.74, 6) is 0. The molecular weight excluding hydrogens is 275 g/mol. The molecule has 0 amide bonds. The SMILES string of the molecule is Cc1ccccc1C(C)(N)Cc1cccc(C(F)(F)F)c1. The Hall–Kier alpha value is -1.81. The molecule has 0 radical (unpaired) electrons. The van der Waals surface area contributed by atoms with Gasteiger partial charge in [-0.05, 0) is 43.0 Å². The average Bonchev–Trinajstić information content (AvgIpc) is 2.37. The summed E-state index contributed by atoms with van der Waals surface area (Å²) in [4.78, 5) is 0. The van der Waals surface area contributed by atoms with Crippen molar-refractivity contribution >= 4 is 0 Å². The van der Waals surface area contributed by atoms with Gasteiger partial charge in [-0.25, -0.2) is 0 Å². The molecule has 0 aliphatic rings. The van der Waals surface area contributed by atoms with Crippen LogP contribution in [-0.2, 0) is 18.1 Å². The molecule has 0 heterocycles. The first-order valence-corrected chi connectivity index (χ1v) is 6.71. The van der Waals surface area contributed by atoms with E-state index in [1.165, 1.54) is 12.1 Å². The Morgan fingerprint density at radius 3 is 2.29 bits per heavy atom. The number of alkyl halides is 3. The van der Waals surface area contributed by atoms with Crippen LogP contribution in [0.3, 0.4) is 0 Å². The van der Waals surface area contributed by atoms with Crippen molar-refractivity contribution in [3.05, 3.63) is 70.8 Å². The van der Waals surface area contributed by atoms with Gasteiger partial charge in [0.1, 0.15) is 0 Å². The van der Waals surface area contributed by atoms with Gasteiger partial charge in [0.25, 0.3) is 0 Å². The Balaban J connectivity index is 2.31.